The largest absolute Gasteiger partial charge is 0.283 e. The van der Waals surface area contributed by atoms with E-state index in [9.17, 15) is 9.59 Å². The van der Waals surface area contributed by atoms with Crippen LogP contribution < -0.4 is 10.9 Å². The number of aromatic nitrogens is 4. The maximum Gasteiger partial charge on any atom is 0.283 e. The van der Waals surface area contributed by atoms with E-state index in [0.29, 0.717) is 22.6 Å². The second-order valence-electron chi connectivity index (χ2n) is 3.71. The molecule has 2 heterocycles. The maximum absolute atomic E-state index is 11.8. The average Bonchev–Trinajstić information content (AvgIpc) is 3.03. The van der Waals surface area contributed by atoms with Gasteiger partial charge in [0.25, 0.3) is 11.8 Å². The summed E-state index contributed by atoms with van der Waals surface area (Å²) in [6.07, 6.45) is 3.57. The molecule has 2 aromatic heterocycles. The number of nitrogens with zero attached hydrogens (tertiary/aromatic N) is 4. The van der Waals surface area contributed by atoms with Crippen LogP contribution in [0.5, 0.6) is 0 Å². The molecule has 0 atom stereocenters. The van der Waals surface area contributed by atoms with Gasteiger partial charge in [-0.2, -0.15) is 5.10 Å². The van der Waals surface area contributed by atoms with Gasteiger partial charge >= 0.3 is 0 Å². The second-order valence-corrected chi connectivity index (χ2v) is 4.47. The van der Waals surface area contributed by atoms with Gasteiger partial charge in [-0.05, 0) is 18.0 Å². The Bertz CT molecular complexity index is 605. The molecule has 2 aromatic rings. The lowest BCUT2D eigenvalue weighted by Gasteiger charge is -2.04. The fourth-order valence-electron chi connectivity index (χ4n) is 1.39. The van der Waals surface area contributed by atoms with Gasteiger partial charge < -0.3 is 0 Å². The number of rotatable bonds is 3. The molecule has 0 radical (unpaired) electrons. The Balaban J connectivity index is 1.96. The number of aryl methyl sites for hydroxylation is 2. The van der Waals surface area contributed by atoms with E-state index in [1.165, 1.54) is 10.9 Å². The Labute approximate surface area is 113 Å². The predicted molar refractivity (Wildman–Crippen MR) is 67.4 cm³/mol. The molecule has 9 heteroatoms. The van der Waals surface area contributed by atoms with Gasteiger partial charge in [0.1, 0.15) is 4.88 Å². The number of hydrazine groups is 1. The van der Waals surface area contributed by atoms with Gasteiger partial charge in [-0.15, -0.1) is 5.10 Å². The molecule has 2 N–H and O–H groups in total. The summed E-state index contributed by atoms with van der Waals surface area (Å²) in [7, 11) is 1.70. The summed E-state index contributed by atoms with van der Waals surface area (Å²) in [6.45, 7) is 1.88. The normalized spacial score (nSPS) is 10.2. The minimum absolute atomic E-state index is 0.362. The summed E-state index contributed by atoms with van der Waals surface area (Å²) in [6, 6.07) is 0. The summed E-state index contributed by atoms with van der Waals surface area (Å²) >= 11 is 0.993. The Morgan fingerprint density at radius 2 is 2.11 bits per heavy atom. The molecule has 100 valence electrons. The van der Waals surface area contributed by atoms with Gasteiger partial charge in [0, 0.05) is 13.2 Å². The molecule has 2 rings (SSSR count). The van der Waals surface area contributed by atoms with E-state index in [0.717, 1.165) is 11.5 Å². The van der Waals surface area contributed by atoms with E-state index < -0.39 is 11.8 Å². The molecule has 8 nitrogen and oxygen atoms in total. The summed E-state index contributed by atoms with van der Waals surface area (Å²) < 4.78 is 5.21. The quantitative estimate of drug-likeness (QED) is 0.765. The molecule has 0 spiro atoms. The molecule has 0 aliphatic rings. The standard InChI is InChI=1S/C10H12N6O2S/c1-3-7-8(19-15-12-7)10(18)14-13-9(17)6-4-11-16(2)5-6/h4-5H,3H2,1-2H3,(H,13,17)(H,14,18). The lowest BCUT2D eigenvalue weighted by molar-refractivity contribution is 0.0848. The number of hydrogen-bond acceptors (Lipinski definition) is 6. The zero-order valence-corrected chi connectivity index (χ0v) is 11.2. The number of nitrogens with one attached hydrogen (secondary N) is 2. The van der Waals surface area contributed by atoms with Crippen LogP contribution in [0.2, 0.25) is 0 Å². The van der Waals surface area contributed by atoms with Crippen LogP contribution in [0.1, 0.15) is 32.6 Å². The third-order valence-corrected chi connectivity index (χ3v) is 3.12. The van der Waals surface area contributed by atoms with Gasteiger partial charge in [0.2, 0.25) is 0 Å². The van der Waals surface area contributed by atoms with Crippen LogP contribution in [0.3, 0.4) is 0 Å². The topological polar surface area (TPSA) is 102 Å². The molecule has 0 saturated carbocycles. The summed E-state index contributed by atoms with van der Waals surface area (Å²) in [5.41, 5.74) is 5.60. The van der Waals surface area contributed by atoms with E-state index in [4.69, 9.17) is 0 Å². The van der Waals surface area contributed by atoms with Gasteiger partial charge in [0.15, 0.2) is 0 Å². The van der Waals surface area contributed by atoms with Crippen LogP contribution in [-0.2, 0) is 13.5 Å². The Hall–Kier alpha value is -2.29. The molecular formula is C10H12N6O2S. The van der Waals surface area contributed by atoms with Crippen LogP contribution in [0, 0.1) is 0 Å². The zero-order chi connectivity index (χ0) is 13.8. The summed E-state index contributed by atoms with van der Waals surface area (Å²) in [5.74, 6) is -0.860. The highest BCUT2D eigenvalue weighted by Crippen LogP contribution is 2.10. The van der Waals surface area contributed by atoms with E-state index in [-0.39, 0.29) is 0 Å². The van der Waals surface area contributed by atoms with Gasteiger partial charge in [-0.25, -0.2) is 0 Å². The van der Waals surface area contributed by atoms with Crippen LogP contribution in [0.4, 0.5) is 0 Å². The zero-order valence-electron chi connectivity index (χ0n) is 10.4. The highest BCUT2D eigenvalue weighted by atomic mass is 32.1. The number of carbonyl (C=O) groups is 2. The Kier molecular flexibility index (Phi) is 3.85. The Morgan fingerprint density at radius 3 is 2.74 bits per heavy atom. The third-order valence-electron chi connectivity index (χ3n) is 2.35. The lowest BCUT2D eigenvalue weighted by atomic mass is 10.3. The van der Waals surface area contributed by atoms with Crippen molar-refractivity contribution in [3.63, 3.8) is 0 Å². The van der Waals surface area contributed by atoms with Crippen molar-refractivity contribution in [2.45, 2.75) is 13.3 Å². The predicted octanol–water partition coefficient (Wildman–Crippen LogP) is -0.0912. The molecule has 0 saturated heterocycles. The van der Waals surface area contributed by atoms with Crippen LogP contribution in [0.25, 0.3) is 0 Å². The molecule has 0 aliphatic carbocycles. The van der Waals surface area contributed by atoms with E-state index in [2.05, 4.69) is 25.5 Å². The van der Waals surface area contributed by atoms with Crippen molar-refractivity contribution in [3.05, 3.63) is 28.5 Å². The minimum Gasteiger partial charge on any atom is -0.275 e. The number of carbonyl (C=O) groups excluding carboxylic acids is 2. The first-order chi connectivity index (χ1) is 9.11. The number of amides is 2. The van der Waals surface area contributed by atoms with Crippen LogP contribution in [-0.4, -0.2) is 31.2 Å². The second kappa shape index (κ2) is 5.57. The van der Waals surface area contributed by atoms with Crippen molar-refractivity contribution in [1.29, 1.82) is 0 Å². The van der Waals surface area contributed by atoms with E-state index in [1.54, 1.807) is 13.2 Å². The maximum atomic E-state index is 11.8. The third kappa shape index (κ3) is 2.94. The minimum atomic E-state index is -0.433. The summed E-state index contributed by atoms with van der Waals surface area (Å²) in [5, 5.41) is 7.69. The molecule has 2 amide bonds. The molecule has 0 aliphatic heterocycles. The summed E-state index contributed by atoms with van der Waals surface area (Å²) in [4.78, 5) is 23.9. The molecule has 19 heavy (non-hydrogen) atoms. The monoisotopic (exact) mass is 280 g/mol. The smallest absolute Gasteiger partial charge is 0.275 e. The van der Waals surface area contributed by atoms with Crippen molar-refractivity contribution in [1.82, 2.24) is 30.2 Å². The van der Waals surface area contributed by atoms with E-state index in [1.807, 2.05) is 6.92 Å². The fourth-order valence-corrected chi connectivity index (χ4v) is 2.04. The molecule has 0 fully saturated rings. The van der Waals surface area contributed by atoms with Crippen molar-refractivity contribution in [2.24, 2.45) is 7.05 Å². The average molecular weight is 280 g/mol. The van der Waals surface area contributed by atoms with E-state index >= 15 is 0 Å². The Morgan fingerprint density at radius 1 is 1.37 bits per heavy atom. The van der Waals surface area contributed by atoms with Gasteiger partial charge in [-0.3, -0.25) is 25.1 Å². The van der Waals surface area contributed by atoms with Gasteiger partial charge in [-0.1, -0.05) is 11.4 Å². The van der Waals surface area contributed by atoms with Crippen molar-refractivity contribution in [2.75, 3.05) is 0 Å². The number of hydrogen-bond donors (Lipinski definition) is 2. The molecule has 0 aromatic carbocycles. The highest BCUT2D eigenvalue weighted by molar-refractivity contribution is 7.08. The molecule has 0 bridgehead atoms. The SMILES string of the molecule is CCc1nnsc1C(=O)NNC(=O)c1cnn(C)c1. The van der Waals surface area contributed by atoms with Crippen molar-refractivity contribution in [3.8, 4) is 0 Å². The first-order valence-corrected chi connectivity index (χ1v) is 6.29. The lowest BCUT2D eigenvalue weighted by Crippen LogP contribution is -2.41. The fraction of sp³-hybridized carbons (Fsp3) is 0.300. The van der Waals surface area contributed by atoms with Crippen molar-refractivity contribution < 1.29 is 9.59 Å². The van der Waals surface area contributed by atoms with Crippen LogP contribution >= 0.6 is 11.5 Å². The molecule has 0 unspecified atom stereocenters. The molecular weight excluding hydrogens is 268 g/mol. The van der Waals surface area contributed by atoms with Gasteiger partial charge in [0.05, 0.1) is 17.5 Å². The van der Waals surface area contributed by atoms with Crippen molar-refractivity contribution >= 4 is 23.3 Å². The first-order valence-electron chi connectivity index (χ1n) is 5.52. The van der Waals surface area contributed by atoms with Crippen LogP contribution in [0.15, 0.2) is 12.4 Å². The first kappa shape index (κ1) is 13.1. The highest BCUT2D eigenvalue weighted by Gasteiger charge is 2.16.